The lowest BCUT2D eigenvalue weighted by atomic mass is 9.75. The summed E-state index contributed by atoms with van der Waals surface area (Å²) in [6, 6.07) is 7.59. The molecule has 0 bridgehead atoms. The van der Waals surface area contributed by atoms with Gasteiger partial charge in [-0.05, 0) is 55.2 Å². The molecule has 1 saturated carbocycles. The highest BCUT2D eigenvalue weighted by molar-refractivity contribution is 9.10. The fourth-order valence-electron chi connectivity index (χ4n) is 4.76. The zero-order valence-electron chi connectivity index (χ0n) is 17.9. The van der Waals surface area contributed by atoms with Gasteiger partial charge in [0.2, 0.25) is 5.95 Å². The highest BCUT2D eigenvalue weighted by atomic mass is 79.9. The molecule has 2 aromatic rings. The molecule has 1 aromatic heterocycles. The molecule has 160 valence electrons. The normalized spacial score (nSPS) is 26.3. The van der Waals surface area contributed by atoms with Crippen molar-refractivity contribution >= 4 is 27.8 Å². The maximum absolute atomic E-state index is 13.5. The lowest BCUT2D eigenvalue weighted by Gasteiger charge is -2.37. The van der Waals surface area contributed by atoms with E-state index in [1.807, 2.05) is 31.2 Å². The zero-order chi connectivity index (χ0) is 21.4. The van der Waals surface area contributed by atoms with Gasteiger partial charge in [0.25, 0.3) is 0 Å². The van der Waals surface area contributed by atoms with Gasteiger partial charge < -0.3 is 10.1 Å². The Bertz CT molecular complexity index is 950. The van der Waals surface area contributed by atoms with E-state index in [9.17, 15) is 4.79 Å². The van der Waals surface area contributed by atoms with Crippen LogP contribution in [0.1, 0.15) is 58.6 Å². The van der Waals surface area contributed by atoms with Gasteiger partial charge in [0.15, 0.2) is 0 Å². The van der Waals surface area contributed by atoms with Gasteiger partial charge in [-0.1, -0.05) is 55.3 Å². The summed E-state index contributed by atoms with van der Waals surface area (Å²) in [6.07, 6.45) is 4.68. The van der Waals surface area contributed by atoms with Gasteiger partial charge in [-0.2, -0.15) is 10.1 Å². The summed E-state index contributed by atoms with van der Waals surface area (Å²) in [5.41, 5.74) is 2.32. The molecule has 6 nitrogen and oxygen atoms in total. The summed E-state index contributed by atoms with van der Waals surface area (Å²) in [6.45, 7) is 8.60. The number of hydrogen-bond acceptors (Lipinski definition) is 5. The third-order valence-corrected chi connectivity index (χ3v) is 6.95. The van der Waals surface area contributed by atoms with Crippen molar-refractivity contribution in [1.29, 1.82) is 0 Å². The van der Waals surface area contributed by atoms with Crippen molar-refractivity contribution in [1.82, 2.24) is 14.8 Å². The number of benzene rings is 1. The second-order valence-electron chi connectivity index (χ2n) is 8.92. The predicted octanol–water partition coefficient (Wildman–Crippen LogP) is 5.33. The van der Waals surface area contributed by atoms with E-state index in [0.717, 1.165) is 28.6 Å². The van der Waals surface area contributed by atoms with Crippen molar-refractivity contribution in [2.75, 3.05) is 5.32 Å². The monoisotopic (exact) mass is 472 g/mol. The van der Waals surface area contributed by atoms with E-state index in [1.165, 1.54) is 12.7 Å². The molecule has 0 saturated heterocycles. The maximum Gasteiger partial charge on any atom is 0.338 e. The van der Waals surface area contributed by atoms with Gasteiger partial charge in [-0.15, -0.1) is 0 Å². The molecule has 2 aliphatic rings. The maximum atomic E-state index is 13.5. The molecule has 0 unspecified atom stereocenters. The van der Waals surface area contributed by atoms with E-state index in [0.29, 0.717) is 29.3 Å². The molecular weight excluding hydrogens is 444 g/mol. The molecule has 0 spiro atoms. The fourth-order valence-corrected chi connectivity index (χ4v) is 5.02. The van der Waals surface area contributed by atoms with Gasteiger partial charge in [0, 0.05) is 10.2 Å². The molecule has 2 heterocycles. The van der Waals surface area contributed by atoms with E-state index in [2.05, 4.69) is 52.1 Å². The first-order valence-electron chi connectivity index (χ1n) is 10.7. The fraction of sp³-hybridized carbons (Fsp3) is 0.522. The highest BCUT2D eigenvalue weighted by Crippen LogP contribution is 2.39. The van der Waals surface area contributed by atoms with Crippen molar-refractivity contribution < 1.29 is 9.53 Å². The van der Waals surface area contributed by atoms with Crippen LogP contribution in [0.2, 0.25) is 0 Å². The van der Waals surface area contributed by atoms with Crippen LogP contribution in [0.4, 0.5) is 5.95 Å². The number of rotatable bonds is 4. The van der Waals surface area contributed by atoms with Gasteiger partial charge in [0.05, 0.1) is 5.57 Å². The van der Waals surface area contributed by atoms with Crippen molar-refractivity contribution in [3.8, 4) is 0 Å². The van der Waals surface area contributed by atoms with Crippen LogP contribution in [0.15, 0.2) is 46.3 Å². The number of nitrogens with zero attached hydrogens (tertiary/aromatic N) is 3. The minimum atomic E-state index is -0.372. The summed E-state index contributed by atoms with van der Waals surface area (Å²) in [5.74, 6) is 1.82. The van der Waals surface area contributed by atoms with Crippen LogP contribution in [0.3, 0.4) is 0 Å². The Morgan fingerprint density at radius 3 is 2.70 bits per heavy atom. The zero-order valence-corrected chi connectivity index (χ0v) is 19.5. The lowest BCUT2D eigenvalue weighted by Crippen LogP contribution is -2.38. The van der Waals surface area contributed by atoms with Crippen LogP contribution in [0.25, 0.3) is 0 Å². The SMILES string of the molecule is CC1=C(C(=O)O[C@@H]2C[C@H](C)CC[C@H]2C(C)C)[C@H](c2ccc(Br)cc2)n2ncnc2N1. The van der Waals surface area contributed by atoms with Crippen LogP contribution in [0.5, 0.6) is 0 Å². The standard InChI is InChI=1S/C23H29BrN4O2/c1-13(2)18-10-5-14(3)11-19(18)30-22(29)20-15(4)27-23-25-12-26-28(23)21(20)16-6-8-17(24)9-7-16/h6-9,12-14,18-19,21H,5,10-11H2,1-4H3,(H,25,26,27)/t14-,18+,19-,21+/m1/s1. The molecule has 0 amide bonds. The average Bonchev–Trinajstić information content (AvgIpc) is 3.15. The van der Waals surface area contributed by atoms with E-state index in [-0.39, 0.29) is 18.1 Å². The second kappa shape index (κ2) is 8.53. The first-order valence-corrected chi connectivity index (χ1v) is 11.5. The Labute approximate surface area is 186 Å². The molecule has 4 atom stereocenters. The van der Waals surface area contributed by atoms with Crippen LogP contribution < -0.4 is 5.32 Å². The number of nitrogens with one attached hydrogen (secondary N) is 1. The van der Waals surface area contributed by atoms with Crippen LogP contribution in [0, 0.1) is 17.8 Å². The third-order valence-electron chi connectivity index (χ3n) is 6.42. The number of hydrogen-bond donors (Lipinski definition) is 1. The number of esters is 1. The van der Waals surface area contributed by atoms with E-state index in [4.69, 9.17) is 4.74 Å². The minimum Gasteiger partial charge on any atom is -0.459 e. The molecule has 0 radical (unpaired) electrons. The minimum absolute atomic E-state index is 0.0516. The summed E-state index contributed by atoms with van der Waals surface area (Å²) in [4.78, 5) is 17.8. The van der Waals surface area contributed by atoms with E-state index in [1.54, 1.807) is 4.68 Å². The van der Waals surface area contributed by atoms with Crippen molar-refractivity contribution in [2.45, 2.75) is 59.1 Å². The summed E-state index contributed by atoms with van der Waals surface area (Å²) < 4.78 is 8.95. The smallest absolute Gasteiger partial charge is 0.338 e. The molecule has 1 N–H and O–H groups in total. The summed E-state index contributed by atoms with van der Waals surface area (Å²) in [7, 11) is 0. The number of fused-ring (bicyclic) bond motifs is 1. The van der Waals surface area contributed by atoms with Crippen LogP contribution >= 0.6 is 15.9 Å². The Morgan fingerprint density at radius 1 is 1.27 bits per heavy atom. The number of ether oxygens (including phenoxy) is 1. The second-order valence-corrected chi connectivity index (χ2v) is 9.83. The topological polar surface area (TPSA) is 69.0 Å². The van der Waals surface area contributed by atoms with E-state index >= 15 is 0 Å². The largest absolute Gasteiger partial charge is 0.459 e. The molecule has 7 heteroatoms. The first-order chi connectivity index (χ1) is 14.3. The molecule has 1 aromatic carbocycles. The Balaban J connectivity index is 1.68. The number of anilines is 1. The molecule has 1 aliphatic heterocycles. The highest BCUT2D eigenvalue weighted by Gasteiger charge is 2.38. The van der Waals surface area contributed by atoms with Crippen LogP contribution in [-0.2, 0) is 9.53 Å². The third kappa shape index (κ3) is 4.04. The van der Waals surface area contributed by atoms with Gasteiger partial charge in [-0.3, -0.25) is 0 Å². The molecule has 1 aliphatic carbocycles. The van der Waals surface area contributed by atoms with Crippen molar-refractivity contribution in [2.24, 2.45) is 17.8 Å². The number of aromatic nitrogens is 3. The number of allylic oxidation sites excluding steroid dienone is 1. The quantitative estimate of drug-likeness (QED) is 0.608. The Hall–Kier alpha value is -2.15. The predicted molar refractivity (Wildman–Crippen MR) is 120 cm³/mol. The molecule has 1 fully saturated rings. The lowest BCUT2D eigenvalue weighted by molar-refractivity contribution is -0.151. The molecular formula is C23H29BrN4O2. The Morgan fingerprint density at radius 2 is 2.00 bits per heavy atom. The van der Waals surface area contributed by atoms with Gasteiger partial charge in [0.1, 0.15) is 18.5 Å². The van der Waals surface area contributed by atoms with Gasteiger partial charge in [-0.25, -0.2) is 9.48 Å². The van der Waals surface area contributed by atoms with E-state index < -0.39 is 0 Å². The van der Waals surface area contributed by atoms with Crippen molar-refractivity contribution in [3.05, 3.63) is 51.9 Å². The summed E-state index contributed by atoms with van der Waals surface area (Å²) >= 11 is 3.49. The molecule has 4 rings (SSSR count). The number of halogens is 1. The molecule has 30 heavy (non-hydrogen) atoms. The average molecular weight is 473 g/mol. The first kappa shape index (κ1) is 21.1. The van der Waals surface area contributed by atoms with Gasteiger partial charge >= 0.3 is 5.97 Å². The summed E-state index contributed by atoms with van der Waals surface area (Å²) in [5, 5.41) is 7.62. The number of carbonyl (C=O) groups excluding carboxylic acids is 1. The number of carbonyl (C=O) groups is 1. The van der Waals surface area contributed by atoms with Crippen molar-refractivity contribution in [3.63, 3.8) is 0 Å². The van der Waals surface area contributed by atoms with Crippen LogP contribution in [-0.4, -0.2) is 26.8 Å². The Kier molecular flexibility index (Phi) is 6.00.